The van der Waals surface area contributed by atoms with E-state index < -0.39 is 0 Å². The Labute approximate surface area is 149 Å². The van der Waals surface area contributed by atoms with E-state index in [4.69, 9.17) is 4.74 Å². The number of para-hydroxylation sites is 1. The molecule has 1 aliphatic heterocycles. The average Bonchev–Trinajstić information content (AvgIpc) is 3.24. The number of anilines is 1. The number of benzene rings is 1. The topological polar surface area (TPSA) is 71.8 Å². The molecule has 8 heteroatoms. The minimum atomic E-state index is -0.195. The average molecular weight is 357 g/mol. The number of aromatic nitrogens is 3. The lowest BCUT2D eigenvalue weighted by Gasteiger charge is -2.30. The van der Waals surface area contributed by atoms with E-state index in [0.717, 1.165) is 29.4 Å². The fourth-order valence-electron chi connectivity index (χ4n) is 2.96. The zero-order chi connectivity index (χ0) is 17.2. The molecule has 25 heavy (non-hydrogen) atoms. The molecule has 3 aromatic rings. The number of fused-ring (bicyclic) bond motifs is 1. The van der Waals surface area contributed by atoms with Gasteiger partial charge in [-0.1, -0.05) is 23.5 Å². The highest BCUT2D eigenvalue weighted by molar-refractivity contribution is 7.14. The van der Waals surface area contributed by atoms with Gasteiger partial charge in [0, 0.05) is 18.8 Å². The molecule has 0 unspecified atom stereocenters. The van der Waals surface area contributed by atoms with Crippen molar-refractivity contribution in [3.63, 3.8) is 0 Å². The number of nitrogens with zero attached hydrogens (tertiary/aromatic N) is 4. The summed E-state index contributed by atoms with van der Waals surface area (Å²) in [6.45, 7) is 4.89. The third-order valence-electron chi connectivity index (χ3n) is 4.30. The molecular weight excluding hydrogens is 338 g/mol. The van der Waals surface area contributed by atoms with Crippen molar-refractivity contribution in [2.75, 3.05) is 31.2 Å². The van der Waals surface area contributed by atoms with Crippen LogP contribution in [0.25, 0.3) is 4.96 Å². The van der Waals surface area contributed by atoms with Crippen molar-refractivity contribution in [1.29, 1.82) is 0 Å². The van der Waals surface area contributed by atoms with Gasteiger partial charge >= 0.3 is 0 Å². The first-order valence-corrected chi connectivity index (χ1v) is 9.11. The molecule has 1 amide bonds. The van der Waals surface area contributed by atoms with E-state index >= 15 is 0 Å². The van der Waals surface area contributed by atoms with E-state index in [0.29, 0.717) is 18.8 Å². The van der Waals surface area contributed by atoms with Crippen LogP contribution in [-0.4, -0.2) is 46.8 Å². The summed E-state index contributed by atoms with van der Waals surface area (Å²) in [5.74, 6) is -0.0982. The quantitative estimate of drug-likeness (QED) is 0.774. The van der Waals surface area contributed by atoms with E-state index in [1.165, 1.54) is 11.3 Å². The lowest BCUT2D eigenvalue weighted by molar-refractivity contribution is 0.0938. The van der Waals surface area contributed by atoms with Gasteiger partial charge in [-0.25, -0.2) is 9.50 Å². The SMILES string of the molecule is C[C@H](NC(=O)c1ccccc1N1CCOCC1)c1cn2ncsc2n1. The third-order valence-corrected chi connectivity index (χ3v) is 4.99. The van der Waals surface area contributed by atoms with E-state index in [-0.39, 0.29) is 11.9 Å². The Bertz CT molecular complexity index is 855. The van der Waals surface area contributed by atoms with Crippen molar-refractivity contribution in [3.05, 3.63) is 47.2 Å². The second-order valence-electron chi connectivity index (χ2n) is 5.94. The summed E-state index contributed by atoms with van der Waals surface area (Å²) >= 11 is 1.47. The van der Waals surface area contributed by atoms with E-state index in [1.807, 2.05) is 37.4 Å². The van der Waals surface area contributed by atoms with Gasteiger partial charge in [0.05, 0.1) is 36.7 Å². The Morgan fingerprint density at radius 1 is 1.32 bits per heavy atom. The molecule has 1 aromatic carbocycles. The monoisotopic (exact) mass is 357 g/mol. The molecule has 1 saturated heterocycles. The van der Waals surface area contributed by atoms with Gasteiger partial charge < -0.3 is 15.0 Å². The van der Waals surface area contributed by atoms with Crippen molar-refractivity contribution >= 4 is 27.9 Å². The van der Waals surface area contributed by atoms with Gasteiger partial charge in [0.1, 0.15) is 5.51 Å². The Hall–Kier alpha value is -2.45. The van der Waals surface area contributed by atoms with Crippen molar-refractivity contribution in [3.8, 4) is 0 Å². The zero-order valence-electron chi connectivity index (χ0n) is 13.9. The maximum Gasteiger partial charge on any atom is 0.253 e. The van der Waals surface area contributed by atoms with Crippen LogP contribution in [0, 0.1) is 0 Å². The van der Waals surface area contributed by atoms with Gasteiger partial charge in [0.15, 0.2) is 0 Å². The minimum absolute atomic E-state index is 0.0982. The van der Waals surface area contributed by atoms with Gasteiger partial charge in [0.25, 0.3) is 5.91 Å². The molecule has 1 aliphatic rings. The number of hydrogen-bond acceptors (Lipinski definition) is 6. The molecule has 0 spiro atoms. The van der Waals surface area contributed by atoms with Crippen molar-refractivity contribution in [2.24, 2.45) is 0 Å². The summed E-state index contributed by atoms with van der Waals surface area (Å²) < 4.78 is 7.13. The first-order valence-electron chi connectivity index (χ1n) is 8.24. The zero-order valence-corrected chi connectivity index (χ0v) is 14.7. The van der Waals surface area contributed by atoms with Gasteiger partial charge in [-0.2, -0.15) is 5.10 Å². The smallest absolute Gasteiger partial charge is 0.253 e. The van der Waals surface area contributed by atoms with Crippen LogP contribution in [0.1, 0.15) is 29.0 Å². The lowest BCUT2D eigenvalue weighted by atomic mass is 10.1. The Morgan fingerprint density at radius 3 is 2.92 bits per heavy atom. The van der Waals surface area contributed by atoms with Crippen molar-refractivity contribution in [2.45, 2.75) is 13.0 Å². The van der Waals surface area contributed by atoms with Gasteiger partial charge in [0.2, 0.25) is 4.96 Å². The summed E-state index contributed by atoms with van der Waals surface area (Å²) in [5, 5.41) is 7.22. The second-order valence-corrected chi connectivity index (χ2v) is 6.76. The van der Waals surface area contributed by atoms with Crippen LogP contribution in [-0.2, 0) is 4.74 Å². The summed E-state index contributed by atoms with van der Waals surface area (Å²) in [4.78, 5) is 20.4. The van der Waals surface area contributed by atoms with Crippen molar-refractivity contribution < 1.29 is 9.53 Å². The number of imidazole rings is 1. The molecular formula is C17H19N5O2S. The fraction of sp³-hybridized carbons (Fsp3) is 0.353. The molecule has 3 heterocycles. The Morgan fingerprint density at radius 2 is 2.12 bits per heavy atom. The molecule has 7 nitrogen and oxygen atoms in total. The standard InChI is InChI=1S/C17H19N5O2S/c1-12(14-10-22-17(20-14)25-11-18-22)19-16(23)13-4-2-3-5-15(13)21-6-8-24-9-7-21/h2-5,10-12H,6-9H2,1H3,(H,19,23)/t12-/m0/s1. The van der Waals surface area contributed by atoms with Crippen LogP contribution in [0.4, 0.5) is 5.69 Å². The largest absolute Gasteiger partial charge is 0.378 e. The summed E-state index contributed by atoms with van der Waals surface area (Å²) in [6, 6.07) is 7.50. The number of amides is 1. The van der Waals surface area contributed by atoms with E-state index in [9.17, 15) is 4.79 Å². The maximum atomic E-state index is 12.8. The third kappa shape index (κ3) is 3.22. The molecule has 1 atom stereocenters. The molecule has 1 fully saturated rings. The molecule has 0 bridgehead atoms. The van der Waals surface area contributed by atoms with Crippen LogP contribution in [0.5, 0.6) is 0 Å². The number of hydrogen-bond donors (Lipinski definition) is 1. The van der Waals surface area contributed by atoms with Gasteiger partial charge in [-0.05, 0) is 19.1 Å². The van der Waals surface area contributed by atoms with Crippen LogP contribution in [0.2, 0.25) is 0 Å². The number of ether oxygens (including phenoxy) is 1. The summed E-state index contributed by atoms with van der Waals surface area (Å²) in [7, 11) is 0. The molecule has 4 rings (SSSR count). The van der Waals surface area contributed by atoms with Gasteiger partial charge in [-0.15, -0.1) is 0 Å². The lowest BCUT2D eigenvalue weighted by Crippen LogP contribution is -2.38. The van der Waals surface area contributed by atoms with Crippen LogP contribution >= 0.6 is 11.3 Å². The van der Waals surface area contributed by atoms with E-state index in [2.05, 4.69) is 20.3 Å². The molecule has 0 aliphatic carbocycles. The number of carbonyl (C=O) groups is 1. The van der Waals surface area contributed by atoms with Crippen molar-refractivity contribution in [1.82, 2.24) is 19.9 Å². The van der Waals surface area contributed by atoms with Crippen LogP contribution in [0.3, 0.4) is 0 Å². The highest BCUT2D eigenvalue weighted by Crippen LogP contribution is 2.23. The molecule has 0 saturated carbocycles. The first-order chi connectivity index (χ1) is 12.2. The Kier molecular flexibility index (Phi) is 4.37. The summed E-state index contributed by atoms with van der Waals surface area (Å²) in [5.41, 5.74) is 4.17. The van der Waals surface area contributed by atoms with Crippen LogP contribution in [0.15, 0.2) is 36.0 Å². The summed E-state index contributed by atoms with van der Waals surface area (Å²) in [6.07, 6.45) is 1.85. The normalized spacial score (nSPS) is 16.1. The Balaban J connectivity index is 1.53. The highest BCUT2D eigenvalue weighted by Gasteiger charge is 2.20. The predicted molar refractivity (Wildman–Crippen MR) is 96.2 cm³/mol. The van der Waals surface area contributed by atoms with E-state index in [1.54, 1.807) is 10.0 Å². The highest BCUT2D eigenvalue weighted by atomic mass is 32.1. The number of nitrogens with one attached hydrogen (secondary N) is 1. The van der Waals surface area contributed by atoms with Gasteiger partial charge in [-0.3, -0.25) is 4.79 Å². The molecule has 0 radical (unpaired) electrons. The predicted octanol–water partition coefficient (Wildman–Crippen LogP) is 2.12. The van der Waals surface area contributed by atoms with Crippen LogP contribution < -0.4 is 10.2 Å². The number of morpholine rings is 1. The second kappa shape index (κ2) is 6.81. The maximum absolute atomic E-state index is 12.8. The molecule has 130 valence electrons. The number of rotatable bonds is 4. The number of carbonyl (C=O) groups excluding carboxylic acids is 1. The molecule has 1 N–H and O–H groups in total. The molecule has 2 aromatic heterocycles. The fourth-order valence-corrected chi connectivity index (χ4v) is 3.57. The minimum Gasteiger partial charge on any atom is -0.378 e. The first kappa shape index (κ1) is 16.0.